The lowest BCUT2D eigenvalue weighted by molar-refractivity contribution is 0.132. The van der Waals surface area contributed by atoms with Crippen molar-refractivity contribution < 1.29 is 18.9 Å². The summed E-state index contributed by atoms with van der Waals surface area (Å²) in [5.41, 5.74) is 3.03. The molecule has 30 heavy (non-hydrogen) atoms. The summed E-state index contributed by atoms with van der Waals surface area (Å²) in [6.07, 6.45) is 3.62. The Balaban J connectivity index is 1.89. The third kappa shape index (κ3) is 6.02. The first kappa shape index (κ1) is 22.2. The van der Waals surface area contributed by atoms with E-state index in [-0.39, 0.29) is 0 Å². The Morgan fingerprint density at radius 1 is 0.867 bits per heavy atom. The maximum atomic E-state index is 5.89. The molecule has 0 spiro atoms. The number of fused-ring (bicyclic) bond motifs is 1. The highest BCUT2D eigenvalue weighted by Gasteiger charge is 2.13. The fourth-order valence-corrected chi connectivity index (χ4v) is 3.25. The second-order valence-electron chi connectivity index (χ2n) is 6.58. The highest BCUT2D eigenvalue weighted by atomic mass is 31.0. The zero-order valence-corrected chi connectivity index (χ0v) is 18.5. The first-order chi connectivity index (χ1) is 14.7. The number of nitrogens with zero attached hydrogens (tertiary/aromatic N) is 2. The van der Waals surface area contributed by atoms with Gasteiger partial charge in [-0.25, -0.2) is 9.97 Å². The number of aryl methyl sites for hydroxylation is 1. The van der Waals surface area contributed by atoms with Gasteiger partial charge in [-0.15, -0.1) is 9.24 Å². The average molecular weight is 429 g/mol. The summed E-state index contributed by atoms with van der Waals surface area (Å²) in [5, 5.41) is 4.23. The van der Waals surface area contributed by atoms with Crippen molar-refractivity contribution in [3.63, 3.8) is 0 Å². The van der Waals surface area contributed by atoms with E-state index in [1.165, 1.54) is 11.9 Å². The fourth-order valence-electron chi connectivity index (χ4n) is 2.92. The molecule has 1 unspecified atom stereocenters. The molecule has 1 heterocycles. The summed E-state index contributed by atoms with van der Waals surface area (Å²) >= 11 is 0. The van der Waals surface area contributed by atoms with Crippen molar-refractivity contribution >= 4 is 31.6 Å². The van der Waals surface area contributed by atoms with E-state index in [0.717, 1.165) is 29.2 Å². The van der Waals surface area contributed by atoms with E-state index in [4.69, 9.17) is 18.9 Å². The molecule has 1 N–H and O–H groups in total. The Morgan fingerprint density at radius 2 is 1.53 bits per heavy atom. The van der Waals surface area contributed by atoms with Crippen LogP contribution in [0, 0.1) is 0 Å². The average Bonchev–Trinajstić information content (AvgIpc) is 2.76. The molecule has 0 fully saturated rings. The van der Waals surface area contributed by atoms with Crippen LogP contribution < -0.4 is 14.8 Å². The molecule has 0 aliphatic heterocycles. The van der Waals surface area contributed by atoms with Crippen molar-refractivity contribution in [2.45, 2.75) is 6.42 Å². The zero-order valence-electron chi connectivity index (χ0n) is 17.4. The van der Waals surface area contributed by atoms with Crippen LogP contribution in [0.25, 0.3) is 10.9 Å². The molecule has 8 heteroatoms. The third-order valence-corrected chi connectivity index (χ3v) is 4.73. The van der Waals surface area contributed by atoms with Gasteiger partial charge >= 0.3 is 0 Å². The highest BCUT2D eigenvalue weighted by molar-refractivity contribution is 7.16. The fraction of sp³-hybridized carbons (Fsp3) is 0.364. The number of rotatable bonds is 12. The van der Waals surface area contributed by atoms with E-state index in [0.29, 0.717) is 43.7 Å². The lowest BCUT2D eigenvalue weighted by Gasteiger charge is -2.15. The predicted molar refractivity (Wildman–Crippen MR) is 122 cm³/mol. The summed E-state index contributed by atoms with van der Waals surface area (Å²) in [4.78, 5) is 8.84. The molecule has 0 aliphatic rings. The maximum absolute atomic E-state index is 5.89. The van der Waals surface area contributed by atoms with Gasteiger partial charge in [-0.3, -0.25) is 0 Å². The first-order valence-corrected chi connectivity index (χ1v) is 10.6. The Bertz CT molecular complexity index is 938. The lowest BCUT2D eigenvalue weighted by Crippen LogP contribution is -2.09. The molecule has 0 saturated heterocycles. The maximum Gasteiger partial charge on any atom is 0.163 e. The standard InChI is InChI=1S/C22H28N3O4P/c1-26-8-10-28-20-13-18-19(14-21(20)29-11-9-27-2)23-15-24-22(18)25-17-5-3-16(4-6-17)7-12-30/h3-6,13-15H,7-12,30H2,1-2H3,(H,23,24,25). The summed E-state index contributed by atoms with van der Waals surface area (Å²) < 4.78 is 21.9. The number of aromatic nitrogens is 2. The number of hydrogen-bond acceptors (Lipinski definition) is 7. The van der Waals surface area contributed by atoms with E-state index in [1.807, 2.05) is 12.1 Å². The molecule has 1 aromatic heterocycles. The Labute approximate surface area is 179 Å². The van der Waals surface area contributed by atoms with E-state index < -0.39 is 0 Å². The van der Waals surface area contributed by atoms with Crippen LogP contribution in [0.4, 0.5) is 11.5 Å². The summed E-state index contributed by atoms with van der Waals surface area (Å²) in [7, 11) is 6.03. The molecule has 3 rings (SSSR count). The van der Waals surface area contributed by atoms with Crippen molar-refractivity contribution in [3.05, 3.63) is 48.3 Å². The number of nitrogens with one attached hydrogen (secondary N) is 1. The normalized spacial score (nSPS) is 10.9. The number of anilines is 2. The minimum Gasteiger partial charge on any atom is -0.487 e. The van der Waals surface area contributed by atoms with Crippen LogP contribution in [0.15, 0.2) is 42.7 Å². The van der Waals surface area contributed by atoms with Gasteiger partial charge in [-0.05, 0) is 36.3 Å². The number of benzene rings is 2. The van der Waals surface area contributed by atoms with Gasteiger partial charge in [0.05, 0.1) is 18.7 Å². The number of methoxy groups -OCH3 is 2. The summed E-state index contributed by atoms with van der Waals surface area (Å²) in [6.45, 7) is 1.80. The molecular weight excluding hydrogens is 401 g/mol. The van der Waals surface area contributed by atoms with Gasteiger partial charge in [0.25, 0.3) is 0 Å². The van der Waals surface area contributed by atoms with Gasteiger partial charge in [0, 0.05) is 31.4 Å². The molecule has 7 nitrogen and oxygen atoms in total. The van der Waals surface area contributed by atoms with Crippen LogP contribution in [-0.4, -0.2) is 56.8 Å². The minimum absolute atomic E-state index is 0.413. The van der Waals surface area contributed by atoms with Crippen molar-refractivity contribution in [2.75, 3.05) is 52.1 Å². The quantitative estimate of drug-likeness (QED) is 0.346. The molecule has 2 aromatic carbocycles. The largest absolute Gasteiger partial charge is 0.487 e. The van der Waals surface area contributed by atoms with Gasteiger partial charge in [-0.2, -0.15) is 0 Å². The second-order valence-corrected chi connectivity index (χ2v) is 7.16. The zero-order chi connectivity index (χ0) is 21.2. The van der Waals surface area contributed by atoms with Gasteiger partial charge in [0.2, 0.25) is 0 Å². The Morgan fingerprint density at radius 3 is 2.17 bits per heavy atom. The molecule has 1 atom stereocenters. The smallest absolute Gasteiger partial charge is 0.163 e. The lowest BCUT2D eigenvalue weighted by atomic mass is 10.1. The van der Waals surface area contributed by atoms with Crippen molar-refractivity contribution in [2.24, 2.45) is 0 Å². The molecule has 0 amide bonds. The molecule has 0 aliphatic carbocycles. The van der Waals surface area contributed by atoms with E-state index in [1.54, 1.807) is 14.2 Å². The molecule has 3 aromatic rings. The number of ether oxygens (including phenoxy) is 4. The predicted octanol–water partition coefficient (Wildman–Crippen LogP) is 3.84. The highest BCUT2D eigenvalue weighted by Crippen LogP contribution is 2.35. The molecule has 0 bridgehead atoms. The topological polar surface area (TPSA) is 74.7 Å². The monoisotopic (exact) mass is 429 g/mol. The molecular formula is C22H28N3O4P. The Hall–Kier alpha value is -2.47. The van der Waals surface area contributed by atoms with E-state index in [2.05, 4.69) is 48.8 Å². The van der Waals surface area contributed by atoms with E-state index in [9.17, 15) is 0 Å². The van der Waals surface area contributed by atoms with Gasteiger partial charge in [0.1, 0.15) is 25.4 Å². The number of hydrogen-bond donors (Lipinski definition) is 1. The SMILES string of the molecule is COCCOc1cc2ncnc(Nc3ccc(CCP)cc3)c2cc1OCCOC. The second kappa shape index (κ2) is 11.6. The summed E-state index contributed by atoms with van der Waals surface area (Å²) in [6, 6.07) is 12.1. The van der Waals surface area contributed by atoms with Crippen LogP contribution in [0.2, 0.25) is 0 Å². The van der Waals surface area contributed by atoms with Crippen molar-refractivity contribution in [1.29, 1.82) is 0 Å². The van der Waals surface area contributed by atoms with Gasteiger partial charge in [0.15, 0.2) is 11.5 Å². The summed E-state index contributed by atoms with van der Waals surface area (Å²) in [5.74, 6) is 1.94. The molecule has 160 valence electrons. The van der Waals surface area contributed by atoms with Crippen LogP contribution in [0.1, 0.15) is 5.56 Å². The molecule has 0 saturated carbocycles. The van der Waals surface area contributed by atoms with Gasteiger partial charge in [-0.1, -0.05) is 12.1 Å². The molecule has 0 radical (unpaired) electrons. The van der Waals surface area contributed by atoms with Crippen LogP contribution in [-0.2, 0) is 15.9 Å². The van der Waals surface area contributed by atoms with E-state index >= 15 is 0 Å². The first-order valence-electron chi connectivity index (χ1n) is 9.83. The minimum atomic E-state index is 0.413. The van der Waals surface area contributed by atoms with Crippen LogP contribution in [0.5, 0.6) is 11.5 Å². The van der Waals surface area contributed by atoms with Crippen molar-refractivity contribution in [1.82, 2.24) is 9.97 Å². The Kier molecular flexibility index (Phi) is 8.63. The third-order valence-electron chi connectivity index (χ3n) is 4.44. The van der Waals surface area contributed by atoms with Gasteiger partial charge < -0.3 is 24.3 Å². The van der Waals surface area contributed by atoms with Crippen LogP contribution in [0.3, 0.4) is 0 Å². The van der Waals surface area contributed by atoms with Crippen LogP contribution >= 0.6 is 9.24 Å². The van der Waals surface area contributed by atoms with Crippen molar-refractivity contribution in [3.8, 4) is 11.5 Å².